The third kappa shape index (κ3) is 3.19. The van der Waals surface area contributed by atoms with E-state index in [4.69, 9.17) is 0 Å². The lowest BCUT2D eigenvalue weighted by Gasteiger charge is -2.24. The number of anilines is 2. The standard InChI is InChI=1S/C17H20FN5O2/c1-11-10-15(22(3)20-11)19-17(25)21(2)14-8-9-23(16(14)24)13-7-5-4-6-12(13)18/h4-7,10,14H,8-9H2,1-3H3,(H,19,25)/t14-/m0/s1. The molecule has 3 rings (SSSR count). The Balaban J connectivity index is 1.72. The number of halogens is 1. The summed E-state index contributed by atoms with van der Waals surface area (Å²) in [5, 5.41) is 6.90. The molecule has 0 bridgehead atoms. The number of rotatable bonds is 3. The van der Waals surface area contributed by atoms with Gasteiger partial charge >= 0.3 is 6.03 Å². The molecule has 0 aliphatic carbocycles. The molecule has 8 heteroatoms. The maximum Gasteiger partial charge on any atom is 0.323 e. The highest BCUT2D eigenvalue weighted by molar-refractivity contribution is 6.02. The van der Waals surface area contributed by atoms with E-state index < -0.39 is 17.9 Å². The fourth-order valence-electron chi connectivity index (χ4n) is 3.00. The number of para-hydroxylation sites is 1. The van der Waals surface area contributed by atoms with Crippen molar-refractivity contribution in [3.63, 3.8) is 0 Å². The van der Waals surface area contributed by atoms with Crippen molar-refractivity contribution in [1.29, 1.82) is 0 Å². The number of carbonyl (C=O) groups excluding carboxylic acids is 2. The fourth-order valence-corrected chi connectivity index (χ4v) is 3.00. The van der Waals surface area contributed by atoms with Gasteiger partial charge in [0, 0.05) is 26.7 Å². The van der Waals surface area contributed by atoms with E-state index in [1.807, 2.05) is 6.92 Å². The van der Waals surface area contributed by atoms with Crippen LogP contribution in [0.2, 0.25) is 0 Å². The first-order valence-corrected chi connectivity index (χ1v) is 7.99. The lowest BCUT2D eigenvalue weighted by molar-refractivity contribution is -0.120. The molecule has 0 saturated carbocycles. The van der Waals surface area contributed by atoms with Crippen LogP contribution in [0.5, 0.6) is 0 Å². The van der Waals surface area contributed by atoms with Gasteiger partial charge in [0.2, 0.25) is 5.91 Å². The van der Waals surface area contributed by atoms with E-state index >= 15 is 0 Å². The van der Waals surface area contributed by atoms with Crippen LogP contribution in [-0.4, -0.2) is 46.3 Å². The predicted octanol–water partition coefficient (Wildman–Crippen LogP) is 2.14. The first-order chi connectivity index (χ1) is 11.9. The monoisotopic (exact) mass is 345 g/mol. The first-order valence-electron chi connectivity index (χ1n) is 7.99. The highest BCUT2D eigenvalue weighted by Crippen LogP contribution is 2.26. The number of nitrogens with one attached hydrogen (secondary N) is 1. The molecule has 1 N–H and O–H groups in total. The summed E-state index contributed by atoms with van der Waals surface area (Å²) in [5.41, 5.74) is 1.02. The number of aryl methyl sites for hydroxylation is 2. The van der Waals surface area contributed by atoms with Crippen molar-refractivity contribution in [1.82, 2.24) is 14.7 Å². The van der Waals surface area contributed by atoms with Crippen LogP contribution in [-0.2, 0) is 11.8 Å². The molecule has 0 unspecified atom stereocenters. The molecule has 7 nitrogen and oxygen atoms in total. The average Bonchev–Trinajstić information content (AvgIpc) is 3.09. The second-order valence-electron chi connectivity index (χ2n) is 6.08. The fraction of sp³-hybridized carbons (Fsp3) is 0.353. The number of urea groups is 1. The van der Waals surface area contributed by atoms with Gasteiger partial charge in [-0.1, -0.05) is 12.1 Å². The van der Waals surface area contributed by atoms with Gasteiger partial charge in [-0.25, -0.2) is 9.18 Å². The van der Waals surface area contributed by atoms with Crippen LogP contribution >= 0.6 is 0 Å². The van der Waals surface area contributed by atoms with E-state index in [-0.39, 0.29) is 11.6 Å². The SMILES string of the molecule is Cc1cc(NC(=O)N(C)[C@H]2CCN(c3ccccc3F)C2=O)n(C)n1. The molecule has 3 amide bonds. The summed E-state index contributed by atoms with van der Waals surface area (Å²) in [4.78, 5) is 27.8. The molecular formula is C17H20FN5O2. The van der Waals surface area contributed by atoms with Gasteiger partial charge in [0.15, 0.2) is 0 Å². The molecule has 132 valence electrons. The third-order valence-corrected chi connectivity index (χ3v) is 4.35. The normalized spacial score (nSPS) is 17.0. The zero-order valence-corrected chi connectivity index (χ0v) is 14.4. The Labute approximate surface area is 145 Å². The smallest absolute Gasteiger partial charge is 0.315 e. The molecule has 1 aliphatic rings. The number of aromatic nitrogens is 2. The number of hydrogen-bond donors (Lipinski definition) is 1. The van der Waals surface area contributed by atoms with Gasteiger partial charge < -0.3 is 9.80 Å². The lowest BCUT2D eigenvalue weighted by Crippen LogP contribution is -2.45. The van der Waals surface area contributed by atoms with Gasteiger partial charge in [-0.15, -0.1) is 0 Å². The number of hydrogen-bond acceptors (Lipinski definition) is 3. The topological polar surface area (TPSA) is 70.5 Å². The van der Waals surface area contributed by atoms with Crippen molar-refractivity contribution in [2.24, 2.45) is 7.05 Å². The minimum atomic E-state index is -0.631. The predicted molar refractivity (Wildman–Crippen MR) is 91.9 cm³/mol. The molecule has 1 saturated heterocycles. The molecule has 1 aromatic heterocycles. The van der Waals surface area contributed by atoms with Crippen molar-refractivity contribution in [2.75, 3.05) is 23.8 Å². The molecule has 0 radical (unpaired) electrons. The quantitative estimate of drug-likeness (QED) is 0.926. The first kappa shape index (κ1) is 16.9. The molecule has 2 heterocycles. The van der Waals surface area contributed by atoms with Crippen LogP contribution in [0.1, 0.15) is 12.1 Å². The third-order valence-electron chi connectivity index (χ3n) is 4.35. The number of carbonyl (C=O) groups is 2. The van der Waals surface area contributed by atoms with Crippen molar-refractivity contribution in [3.8, 4) is 0 Å². The van der Waals surface area contributed by atoms with Crippen molar-refractivity contribution < 1.29 is 14.0 Å². The Morgan fingerprint density at radius 2 is 2.12 bits per heavy atom. The van der Waals surface area contributed by atoms with Crippen LogP contribution < -0.4 is 10.2 Å². The van der Waals surface area contributed by atoms with Gasteiger partial charge in [-0.05, 0) is 25.5 Å². The highest BCUT2D eigenvalue weighted by atomic mass is 19.1. The molecule has 1 aliphatic heterocycles. The summed E-state index contributed by atoms with van der Waals surface area (Å²) in [6.45, 7) is 2.19. The molecule has 25 heavy (non-hydrogen) atoms. The average molecular weight is 345 g/mol. The number of benzene rings is 1. The van der Waals surface area contributed by atoms with E-state index in [2.05, 4.69) is 10.4 Å². The Bertz CT molecular complexity index is 819. The van der Waals surface area contributed by atoms with Gasteiger partial charge in [-0.3, -0.25) is 14.8 Å². The van der Waals surface area contributed by atoms with E-state index in [1.165, 1.54) is 15.9 Å². The molecule has 1 aromatic carbocycles. The Morgan fingerprint density at radius 3 is 2.76 bits per heavy atom. The number of nitrogens with zero attached hydrogens (tertiary/aromatic N) is 4. The van der Waals surface area contributed by atoms with Crippen LogP contribution in [0.4, 0.5) is 20.7 Å². The molecule has 2 aromatic rings. The van der Waals surface area contributed by atoms with Crippen LogP contribution in [0, 0.1) is 12.7 Å². The maximum absolute atomic E-state index is 13.9. The van der Waals surface area contributed by atoms with Crippen LogP contribution in [0.3, 0.4) is 0 Å². The van der Waals surface area contributed by atoms with E-state index in [1.54, 1.807) is 43.0 Å². The minimum absolute atomic E-state index is 0.242. The summed E-state index contributed by atoms with van der Waals surface area (Å²) in [7, 11) is 3.29. The minimum Gasteiger partial charge on any atom is -0.315 e. The number of likely N-dealkylation sites (N-methyl/N-ethyl adjacent to an activating group) is 1. The Hall–Kier alpha value is -2.90. The van der Waals surface area contributed by atoms with Gasteiger partial charge in [0.05, 0.1) is 11.4 Å². The summed E-state index contributed by atoms with van der Waals surface area (Å²) in [6.07, 6.45) is 0.446. The van der Waals surface area contributed by atoms with E-state index in [0.29, 0.717) is 18.8 Å². The van der Waals surface area contributed by atoms with Crippen molar-refractivity contribution in [3.05, 3.63) is 41.8 Å². The second-order valence-corrected chi connectivity index (χ2v) is 6.08. The maximum atomic E-state index is 13.9. The largest absolute Gasteiger partial charge is 0.323 e. The summed E-state index contributed by atoms with van der Waals surface area (Å²) in [6, 6.07) is 6.84. The lowest BCUT2D eigenvalue weighted by atomic mass is 10.2. The Morgan fingerprint density at radius 1 is 1.40 bits per heavy atom. The van der Waals surface area contributed by atoms with Crippen LogP contribution in [0.15, 0.2) is 30.3 Å². The molecule has 0 spiro atoms. The van der Waals surface area contributed by atoms with E-state index in [0.717, 1.165) is 5.69 Å². The number of amides is 3. The van der Waals surface area contributed by atoms with Gasteiger partial charge in [0.25, 0.3) is 0 Å². The highest BCUT2D eigenvalue weighted by Gasteiger charge is 2.38. The molecule has 1 atom stereocenters. The van der Waals surface area contributed by atoms with Crippen molar-refractivity contribution in [2.45, 2.75) is 19.4 Å². The van der Waals surface area contributed by atoms with Gasteiger partial charge in [-0.2, -0.15) is 5.10 Å². The van der Waals surface area contributed by atoms with Crippen LogP contribution in [0.25, 0.3) is 0 Å². The summed E-state index contributed by atoms with van der Waals surface area (Å²) in [5.74, 6) is -0.191. The molecule has 1 fully saturated rings. The van der Waals surface area contributed by atoms with Gasteiger partial charge in [0.1, 0.15) is 17.7 Å². The second kappa shape index (κ2) is 6.54. The zero-order chi connectivity index (χ0) is 18.1. The molecular weight excluding hydrogens is 325 g/mol. The summed E-state index contributed by atoms with van der Waals surface area (Å²) < 4.78 is 15.5. The van der Waals surface area contributed by atoms with E-state index in [9.17, 15) is 14.0 Å². The zero-order valence-electron chi connectivity index (χ0n) is 14.4. The summed E-state index contributed by atoms with van der Waals surface area (Å²) >= 11 is 0. The van der Waals surface area contributed by atoms with Crippen molar-refractivity contribution >= 4 is 23.4 Å². The Kier molecular flexibility index (Phi) is 4.43.